The molecule has 2 amide bonds. The summed E-state index contributed by atoms with van der Waals surface area (Å²) in [5.74, 6) is -0.863. The number of nitrogens with zero attached hydrogens (tertiary/aromatic N) is 1. The van der Waals surface area contributed by atoms with Gasteiger partial charge in [0.1, 0.15) is 11.6 Å². The summed E-state index contributed by atoms with van der Waals surface area (Å²) in [6, 6.07) is 5.86. The zero-order chi connectivity index (χ0) is 18.4. The van der Waals surface area contributed by atoms with Gasteiger partial charge < -0.3 is 15.6 Å². The second-order valence-corrected chi connectivity index (χ2v) is 6.04. The molecule has 134 valence electrons. The number of nitrogens with two attached hydrogens (primary N) is 1. The molecule has 0 aliphatic heterocycles. The lowest BCUT2D eigenvalue weighted by molar-refractivity contribution is -0.123. The number of primary amides is 1. The van der Waals surface area contributed by atoms with Gasteiger partial charge in [-0.1, -0.05) is 17.3 Å². The highest BCUT2D eigenvalue weighted by Crippen LogP contribution is 2.14. The van der Waals surface area contributed by atoms with Crippen molar-refractivity contribution in [2.24, 2.45) is 11.7 Å². The minimum atomic E-state index is -0.548. The maximum Gasteiger partial charge on any atom is 0.222 e. The Balaban J connectivity index is 1.84. The van der Waals surface area contributed by atoms with Crippen molar-refractivity contribution in [3.63, 3.8) is 0 Å². The lowest BCUT2D eigenvalue weighted by Gasteiger charge is -2.14. The Kier molecular flexibility index (Phi) is 6.27. The summed E-state index contributed by atoms with van der Waals surface area (Å²) >= 11 is 0. The maximum absolute atomic E-state index is 12.9. The van der Waals surface area contributed by atoms with Crippen LogP contribution in [0.15, 0.2) is 28.8 Å². The molecule has 1 aromatic carbocycles. The summed E-state index contributed by atoms with van der Waals surface area (Å²) in [5, 5.41) is 6.58. The van der Waals surface area contributed by atoms with E-state index in [0.717, 1.165) is 16.8 Å². The van der Waals surface area contributed by atoms with Gasteiger partial charge in [-0.3, -0.25) is 9.59 Å². The zero-order valence-corrected chi connectivity index (χ0v) is 14.3. The topological polar surface area (TPSA) is 98.2 Å². The van der Waals surface area contributed by atoms with E-state index in [-0.39, 0.29) is 24.7 Å². The normalized spacial score (nSPS) is 12.0. The van der Waals surface area contributed by atoms with Gasteiger partial charge in [0.2, 0.25) is 11.8 Å². The molecule has 6 nitrogen and oxygen atoms in total. The molecule has 3 N–H and O–H groups in total. The number of aryl methyl sites for hydroxylation is 2. The molecule has 0 bridgehead atoms. The fourth-order valence-corrected chi connectivity index (χ4v) is 2.60. The van der Waals surface area contributed by atoms with Crippen LogP contribution in [0, 0.1) is 25.6 Å². The second-order valence-electron chi connectivity index (χ2n) is 6.04. The lowest BCUT2D eigenvalue weighted by Crippen LogP contribution is -2.37. The fourth-order valence-electron chi connectivity index (χ4n) is 2.60. The third-order valence-corrected chi connectivity index (χ3v) is 4.13. The Labute approximate surface area is 145 Å². The average molecular weight is 347 g/mol. The first-order valence-electron chi connectivity index (χ1n) is 8.09. The number of hydrogen-bond acceptors (Lipinski definition) is 4. The Hall–Kier alpha value is -2.70. The molecular formula is C18H22FN3O3. The van der Waals surface area contributed by atoms with Crippen LogP contribution in [0.2, 0.25) is 0 Å². The molecule has 1 heterocycles. The smallest absolute Gasteiger partial charge is 0.222 e. The molecule has 0 radical (unpaired) electrons. The van der Waals surface area contributed by atoms with Crippen molar-refractivity contribution in [1.29, 1.82) is 0 Å². The van der Waals surface area contributed by atoms with Crippen molar-refractivity contribution in [1.82, 2.24) is 10.5 Å². The van der Waals surface area contributed by atoms with E-state index in [1.54, 1.807) is 19.1 Å². The molecule has 0 saturated heterocycles. The van der Waals surface area contributed by atoms with Crippen LogP contribution in [0.1, 0.15) is 29.0 Å². The number of benzene rings is 1. The maximum atomic E-state index is 12.9. The summed E-state index contributed by atoms with van der Waals surface area (Å²) in [5.41, 5.74) is 7.89. The standard InChI is InChI=1S/C18H22FN3O3/c1-11-16(12(2)25-22-11)7-8-17(23)21-10-14(18(20)24)9-13-3-5-15(19)6-4-13/h3-6,14H,7-10H2,1-2H3,(H2,20,24)(H,21,23). The molecule has 0 aliphatic carbocycles. The summed E-state index contributed by atoms with van der Waals surface area (Å²) in [4.78, 5) is 23.6. The predicted molar refractivity (Wildman–Crippen MR) is 90.1 cm³/mol. The molecule has 1 atom stereocenters. The molecule has 2 aromatic rings. The van der Waals surface area contributed by atoms with E-state index in [0.29, 0.717) is 18.6 Å². The van der Waals surface area contributed by atoms with E-state index < -0.39 is 11.8 Å². The molecule has 0 saturated carbocycles. The third kappa shape index (κ3) is 5.41. The van der Waals surface area contributed by atoms with E-state index in [4.69, 9.17) is 10.3 Å². The van der Waals surface area contributed by atoms with Gasteiger partial charge in [-0.2, -0.15) is 0 Å². The molecule has 0 fully saturated rings. The van der Waals surface area contributed by atoms with Crippen LogP contribution in [-0.2, 0) is 22.4 Å². The highest BCUT2D eigenvalue weighted by atomic mass is 19.1. The van der Waals surface area contributed by atoms with Gasteiger partial charge in [0.25, 0.3) is 0 Å². The zero-order valence-electron chi connectivity index (χ0n) is 14.3. The first-order valence-corrected chi connectivity index (χ1v) is 8.09. The van der Waals surface area contributed by atoms with Crippen LogP contribution in [0.25, 0.3) is 0 Å². The van der Waals surface area contributed by atoms with E-state index >= 15 is 0 Å². The number of rotatable bonds is 8. The van der Waals surface area contributed by atoms with E-state index in [9.17, 15) is 14.0 Å². The number of nitrogens with one attached hydrogen (secondary N) is 1. The molecule has 25 heavy (non-hydrogen) atoms. The molecule has 1 unspecified atom stereocenters. The van der Waals surface area contributed by atoms with Crippen LogP contribution >= 0.6 is 0 Å². The van der Waals surface area contributed by atoms with Crippen molar-refractivity contribution in [2.75, 3.05) is 6.54 Å². The van der Waals surface area contributed by atoms with Gasteiger partial charge in [0.15, 0.2) is 0 Å². The second kappa shape index (κ2) is 8.41. The summed E-state index contributed by atoms with van der Waals surface area (Å²) in [6.07, 6.45) is 1.14. The molecule has 2 rings (SSSR count). The third-order valence-electron chi connectivity index (χ3n) is 4.13. The Morgan fingerprint density at radius 1 is 1.28 bits per heavy atom. The van der Waals surface area contributed by atoms with Crippen LogP contribution in [0.3, 0.4) is 0 Å². The lowest BCUT2D eigenvalue weighted by atomic mass is 9.98. The molecule has 7 heteroatoms. The van der Waals surface area contributed by atoms with Gasteiger partial charge in [-0.05, 0) is 44.4 Å². The van der Waals surface area contributed by atoms with Gasteiger partial charge in [0, 0.05) is 18.5 Å². The van der Waals surface area contributed by atoms with Crippen LogP contribution in [-0.4, -0.2) is 23.5 Å². The number of aromatic nitrogens is 1. The van der Waals surface area contributed by atoms with Gasteiger partial charge >= 0.3 is 0 Å². The summed E-state index contributed by atoms with van der Waals surface area (Å²) in [7, 11) is 0. The van der Waals surface area contributed by atoms with Crippen molar-refractivity contribution in [3.8, 4) is 0 Å². The summed E-state index contributed by atoms with van der Waals surface area (Å²) < 4.78 is 18.0. The van der Waals surface area contributed by atoms with Crippen LogP contribution in [0.4, 0.5) is 4.39 Å². The molecule has 0 aliphatic rings. The predicted octanol–water partition coefficient (Wildman–Crippen LogP) is 1.82. The Morgan fingerprint density at radius 2 is 1.96 bits per heavy atom. The SMILES string of the molecule is Cc1noc(C)c1CCC(=O)NCC(Cc1ccc(F)cc1)C(N)=O. The van der Waals surface area contributed by atoms with Crippen molar-refractivity contribution in [3.05, 3.63) is 52.7 Å². The minimum Gasteiger partial charge on any atom is -0.369 e. The van der Waals surface area contributed by atoms with E-state index in [1.165, 1.54) is 12.1 Å². The number of halogens is 1. The van der Waals surface area contributed by atoms with Crippen LogP contribution in [0.5, 0.6) is 0 Å². The molecule has 0 spiro atoms. The highest BCUT2D eigenvalue weighted by molar-refractivity contribution is 5.80. The Bertz CT molecular complexity index is 721. The Morgan fingerprint density at radius 3 is 2.52 bits per heavy atom. The fraction of sp³-hybridized carbons (Fsp3) is 0.389. The monoisotopic (exact) mass is 347 g/mol. The minimum absolute atomic E-state index is 0.146. The van der Waals surface area contributed by atoms with Gasteiger partial charge in [-0.15, -0.1) is 0 Å². The number of hydrogen-bond donors (Lipinski definition) is 2. The largest absolute Gasteiger partial charge is 0.369 e. The first-order chi connectivity index (χ1) is 11.9. The molecular weight excluding hydrogens is 325 g/mol. The first kappa shape index (κ1) is 18.6. The van der Waals surface area contributed by atoms with Crippen LogP contribution < -0.4 is 11.1 Å². The van der Waals surface area contributed by atoms with Gasteiger partial charge in [-0.25, -0.2) is 4.39 Å². The molecule has 1 aromatic heterocycles. The number of carbonyl (C=O) groups is 2. The average Bonchev–Trinajstić information content (AvgIpc) is 2.89. The van der Waals surface area contributed by atoms with Gasteiger partial charge in [0.05, 0.1) is 11.6 Å². The quantitative estimate of drug-likeness (QED) is 0.761. The van der Waals surface area contributed by atoms with E-state index in [1.807, 2.05) is 6.92 Å². The summed E-state index contributed by atoms with van der Waals surface area (Å²) in [6.45, 7) is 3.78. The van der Waals surface area contributed by atoms with E-state index in [2.05, 4.69) is 10.5 Å². The van der Waals surface area contributed by atoms with Crippen molar-refractivity contribution in [2.45, 2.75) is 33.1 Å². The van der Waals surface area contributed by atoms with Crippen molar-refractivity contribution < 1.29 is 18.5 Å². The highest BCUT2D eigenvalue weighted by Gasteiger charge is 2.18. The van der Waals surface area contributed by atoms with Crippen molar-refractivity contribution >= 4 is 11.8 Å². The number of amides is 2. The number of carbonyl (C=O) groups excluding carboxylic acids is 2.